The molecule has 0 amide bonds. The van der Waals surface area contributed by atoms with Crippen LogP contribution in [0.15, 0.2) is 54.1 Å². The molecule has 0 heterocycles. The quantitative estimate of drug-likeness (QED) is 0.782. The first-order chi connectivity index (χ1) is 9.69. The summed E-state index contributed by atoms with van der Waals surface area (Å²) in [5, 5.41) is 0. The lowest BCUT2D eigenvalue weighted by atomic mass is 10.1. The van der Waals surface area contributed by atoms with Crippen molar-refractivity contribution in [3.63, 3.8) is 0 Å². The summed E-state index contributed by atoms with van der Waals surface area (Å²) in [6, 6.07) is 16.1. The molecule has 0 atom stereocenters. The molecule has 0 aliphatic rings. The number of hydrogen-bond donors (Lipinski definition) is 0. The fourth-order valence-corrected chi connectivity index (χ4v) is 1.96. The first-order valence-corrected chi connectivity index (χ1v) is 6.68. The predicted molar refractivity (Wildman–Crippen MR) is 83.1 cm³/mol. The van der Waals surface area contributed by atoms with Crippen molar-refractivity contribution in [1.82, 2.24) is 0 Å². The van der Waals surface area contributed by atoms with Gasteiger partial charge < -0.3 is 9.47 Å². The van der Waals surface area contributed by atoms with Crippen LogP contribution < -0.4 is 9.47 Å². The van der Waals surface area contributed by atoms with Gasteiger partial charge in [0.25, 0.3) is 0 Å². The van der Waals surface area contributed by atoms with E-state index in [1.54, 1.807) is 7.11 Å². The highest BCUT2D eigenvalue weighted by Gasteiger charge is 2.05. The fraction of sp³-hybridized carbons (Fsp3) is 0.222. The normalized spacial score (nSPS) is 9.95. The van der Waals surface area contributed by atoms with Crippen LogP contribution in [0.4, 0.5) is 0 Å². The third-order valence-electron chi connectivity index (χ3n) is 2.88. The van der Waals surface area contributed by atoms with E-state index in [1.807, 2.05) is 48.5 Å². The van der Waals surface area contributed by atoms with Gasteiger partial charge in [0.2, 0.25) is 0 Å². The van der Waals surface area contributed by atoms with E-state index in [4.69, 9.17) is 9.47 Å². The fourth-order valence-electron chi connectivity index (χ4n) is 1.96. The van der Waals surface area contributed by atoms with Crippen LogP contribution in [0.2, 0.25) is 0 Å². The molecule has 2 rings (SSSR count). The average Bonchev–Trinajstić information content (AvgIpc) is 2.46. The molecule has 0 spiro atoms. The van der Waals surface area contributed by atoms with Gasteiger partial charge in [0.15, 0.2) is 11.5 Å². The predicted octanol–water partition coefficient (Wildman–Crippen LogP) is 4.70. The highest BCUT2D eigenvalue weighted by atomic mass is 16.5. The first kappa shape index (κ1) is 14.2. The molecule has 0 fully saturated rings. The van der Waals surface area contributed by atoms with E-state index in [9.17, 15) is 0 Å². The maximum Gasteiger partial charge on any atom is 0.162 e. The molecule has 104 valence electrons. The van der Waals surface area contributed by atoms with Crippen LogP contribution in [0, 0.1) is 0 Å². The average molecular weight is 268 g/mol. The summed E-state index contributed by atoms with van der Waals surface area (Å²) in [6.45, 7) is 4.69. The highest BCUT2D eigenvalue weighted by molar-refractivity contribution is 5.57. The summed E-state index contributed by atoms with van der Waals surface area (Å²) in [5.74, 6) is 1.53. The molecular formula is C18H20O2. The van der Waals surface area contributed by atoms with Crippen LogP contribution in [0.25, 0.3) is 6.08 Å². The lowest BCUT2D eigenvalue weighted by Crippen LogP contribution is -1.97. The molecular weight excluding hydrogens is 248 g/mol. The second-order valence-corrected chi connectivity index (χ2v) is 4.91. The number of ether oxygens (including phenoxy) is 2. The standard InChI is InChI=1S/C18H20O2/c1-14(2)11-16-9-10-17(19-3)18(12-16)20-13-15-7-5-4-6-8-15/h4-12H,13H2,1-3H3. The zero-order valence-electron chi connectivity index (χ0n) is 12.2. The first-order valence-electron chi connectivity index (χ1n) is 6.68. The molecule has 0 saturated heterocycles. The topological polar surface area (TPSA) is 18.5 Å². The SMILES string of the molecule is COc1ccc(C=C(C)C)cc1OCc1ccccc1. The lowest BCUT2D eigenvalue weighted by Gasteiger charge is -2.11. The molecule has 0 aliphatic heterocycles. The summed E-state index contributed by atoms with van der Waals surface area (Å²) >= 11 is 0. The van der Waals surface area contributed by atoms with Gasteiger partial charge in [0.05, 0.1) is 7.11 Å². The van der Waals surface area contributed by atoms with Gasteiger partial charge >= 0.3 is 0 Å². The minimum atomic E-state index is 0.537. The second kappa shape index (κ2) is 6.80. The molecule has 0 saturated carbocycles. The van der Waals surface area contributed by atoms with Crippen LogP contribution in [-0.2, 0) is 6.61 Å². The number of hydrogen-bond acceptors (Lipinski definition) is 2. The summed E-state index contributed by atoms with van der Waals surface area (Å²) in [5.41, 5.74) is 3.51. The molecule has 20 heavy (non-hydrogen) atoms. The molecule has 2 heteroatoms. The van der Waals surface area contributed by atoms with Gasteiger partial charge in [-0.2, -0.15) is 0 Å². The van der Waals surface area contributed by atoms with Gasteiger partial charge in [-0.15, -0.1) is 0 Å². The Morgan fingerprint density at radius 2 is 1.75 bits per heavy atom. The Labute approximate surface area is 120 Å². The Morgan fingerprint density at radius 3 is 2.40 bits per heavy atom. The molecule has 2 nitrogen and oxygen atoms in total. The van der Waals surface area contributed by atoms with Crippen LogP contribution in [0.1, 0.15) is 25.0 Å². The monoisotopic (exact) mass is 268 g/mol. The van der Waals surface area contributed by atoms with Crippen LogP contribution in [0.5, 0.6) is 11.5 Å². The maximum atomic E-state index is 5.88. The number of benzene rings is 2. The van der Waals surface area contributed by atoms with Crippen molar-refractivity contribution in [2.75, 3.05) is 7.11 Å². The van der Waals surface area contributed by atoms with Crippen molar-refractivity contribution in [1.29, 1.82) is 0 Å². The van der Waals surface area contributed by atoms with Crippen molar-refractivity contribution in [3.05, 3.63) is 65.2 Å². The molecule has 2 aromatic carbocycles. The molecule has 0 unspecified atom stereocenters. The van der Waals surface area contributed by atoms with Crippen molar-refractivity contribution in [3.8, 4) is 11.5 Å². The summed E-state index contributed by atoms with van der Waals surface area (Å²) in [6.07, 6.45) is 2.12. The lowest BCUT2D eigenvalue weighted by molar-refractivity contribution is 0.284. The van der Waals surface area contributed by atoms with Gasteiger partial charge in [-0.3, -0.25) is 0 Å². The Kier molecular flexibility index (Phi) is 4.83. The minimum Gasteiger partial charge on any atom is -0.493 e. The van der Waals surface area contributed by atoms with Crippen LogP contribution in [0.3, 0.4) is 0 Å². The zero-order valence-corrected chi connectivity index (χ0v) is 12.2. The Bertz CT molecular complexity index is 582. The van der Waals surface area contributed by atoms with Gasteiger partial charge in [0, 0.05) is 0 Å². The Balaban J connectivity index is 2.18. The highest BCUT2D eigenvalue weighted by Crippen LogP contribution is 2.29. The van der Waals surface area contributed by atoms with Crippen molar-refractivity contribution in [2.45, 2.75) is 20.5 Å². The number of rotatable bonds is 5. The summed E-state index contributed by atoms with van der Waals surface area (Å²) in [4.78, 5) is 0. The van der Waals surface area contributed by atoms with Gasteiger partial charge in [0.1, 0.15) is 6.61 Å². The van der Waals surface area contributed by atoms with Crippen LogP contribution in [-0.4, -0.2) is 7.11 Å². The third kappa shape index (κ3) is 3.89. The van der Waals surface area contributed by atoms with E-state index >= 15 is 0 Å². The largest absolute Gasteiger partial charge is 0.493 e. The van der Waals surface area contributed by atoms with E-state index in [-0.39, 0.29) is 0 Å². The summed E-state index contributed by atoms with van der Waals surface area (Å²) < 4.78 is 11.2. The minimum absolute atomic E-state index is 0.537. The number of allylic oxidation sites excluding steroid dienone is 1. The summed E-state index contributed by atoms with van der Waals surface area (Å²) in [7, 11) is 1.66. The van der Waals surface area contributed by atoms with E-state index in [2.05, 4.69) is 19.9 Å². The molecule has 2 aromatic rings. The Hall–Kier alpha value is -2.22. The molecule has 0 aromatic heterocycles. The Morgan fingerprint density at radius 1 is 1.00 bits per heavy atom. The second-order valence-electron chi connectivity index (χ2n) is 4.91. The molecule has 0 bridgehead atoms. The third-order valence-corrected chi connectivity index (χ3v) is 2.88. The maximum absolute atomic E-state index is 5.88. The number of methoxy groups -OCH3 is 1. The van der Waals surface area contributed by atoms with Gasteiger partial charge in [-0.1, -0.05) is 48.0 Å². The van der Waals surface area contributed by atoms with Gasteiger partial charge in [-0.05, 0) is 37.1 Å². The van der Waals surface area contributed by atoms with Crippen molar-refractivity contribution < 1.29 is 9.47 Å². The smallest absolute Gasteiger partial charge is 0.162 e. The molecule has 0 aliphatic carbocycles. The van der Waals surface area contributed by atoms with Crippen molar-refractivity contribution in [2.24, 2.45) is 0 Å². The van der Waals surface area contributed by atoms with E-state index in [0.29, 0.717) is 6.61 Å². The van der Waals surface area contributed by atoms with E-state index < -0.39 is 0 Å². The van der Waals surface area contributed by atoms with Crippen LogP contribution >= 0.6 is 0 Å². The molecule has 0 radical (unpaired) electrons. The van der Waals surface area contributed by atoms with Gasteiger partial charge in [-0.25, -0.2) is 0 Å². The molecule has 0 N–H and O–H groups in total. The van der Waals surface area contributed by atoms with Crippen molar-refractivity contribution >= 4 is 6.08 Å². The van der Waals surface area contributed by atoms with E-state index in [1.165, 1.54) is 5.57 Å². The van der Waals surface area contributed by atoms with E-state index in [0.717, 1.165) is 22.6 Å². The zero-order chi connectivity index (χ0) is 14.4.